The van der Waals surface area contributed by atoms with Crippen molar-refractivity contribution < 1.29 is 14.7 Å². The molecule has 1 aliphatic heterocycles. The molecule has 0 aliphatic carbocycles. The van der Waals surface area contributed by atoms with E-state index in [0.29, 0.717) is 24.6 Å². The average Bonchev–Trinajstić information content (AvgIpc) is 2.43. The number of anilines is 1. The summed E-state index contributed by atoms with van der Waals surface area (Å²) in [5, 5.41) is 12.1. The second-order valence-corrected chi connectivity index (χ2v) is 6.37. The van der Waals surface area contributed by atoms with Gasteiger partial charge >= 0.3 is 12.0 Å². The van der Waals surface area contributed by atoms with Crippen molar-refractivity contribution in [1.82, 2.24) is 4.90 Å². The molecule has 0 aromatic heterocycles. The molecule has 0 spiro atoms. The highest BCUT2D eigenvalue weighted by Gasteiger charge is 2.34. The first-order valence-electron chi connectivity index (χ1n) is 6.95. The van der Waals surface area contributed by atoms with Gasteiger partial charge in [0.05, 0.1) is 0 Å². The van der Waals surface area contributed by atoms with E-state index in [2.05, 4.69) is 21.2 Å². The van der Waals surface area contributed by atoms with E-state index < -0.39 is 12.0 Å². The van der Waals surface area contributed by atoms with Crippen molar-refractivity contribution in [3.63, 3.8) is 0 Å². The van der Waals surface area contributed by atoms with E-state index in [9.17, 15) is 14.7 Å². The van der Waals surface area contributed by atoms with Gasteiger partial charge in [-0.05, 0) is 43.4 Å². The van der Waals surface area contributed by atoms with E-state index in [-0.39, 0.29) is 6.03 Å². The zero-order chi connectivity index (χ0) is 15.6. The number of carboxylic acid groups (broad SMARTS) is 1. The molecule has 1 fully saturated rings. The summed E-state index contributed by atoms with van der Waals surface area (Å²) in [6.45, 7) is 4.38. The Bertz CT molecular complexity index is 562. The van der Waals surface area contributed by atoms with Crippen LogP contribution in [-0.2, 0) is 4.79 Å². The van der Waals surface area contributed by atoms with Gasteiger partial charge in [-0.2, -0.15) is 0 Å². The first kappa shape index (κ1) is 15.8. The molecule has 2 unspecified atom stereocenters. The molecule has 21 heavy (non-hydrogen) atoms. The first-order valence-corrected chi connectivity index (χ1v) is 7.75. The summed E-state index contributed by atoms with van der Waals surface area (Å²) in [4.78, 5) is 25.2. The number of likely N-dealkylation sites (tertiary alicyclic amines) is 1. The van der Waals surface area contributed by atoms with Gasteiger partial charge in [0.1, 0.15) is 6.04 Å². The lowest BCUT2D eigenvalue weighted by atomic mass is 9.93. The second kappa shape index (κ2) is 6.47. The molecule has 1 aromatic rings. The minimum absolute atomic E-state index is 0.322. The summed E-state index contributed by atoms with van der Waals surface area (Å²) in [6, 6.07) is 4.44. The number of halogens is 1. The van der Waals surface area contributed by atoms with Gasteiger partial charge in [-0.25, -0.2) is 9.59 Å². The predicted molar refractivity (Wildman–Crippen MR) is 84.4 cm³/mol. The monoisotopic (exact) mass is 354 g/mol. The molecule has 2 atom stereocenters. The van der Waals surface area contributed by atoms with E-state index in [0.717, 1.165) is 16.5 Å². The molecule has 0 radical (unpaired) electrons. The summed E-state index contributed by atoms with van der Waals surface area (Å²) < 4.78 is 0.905. The van der Waals surface area contributed by atoms with E-state index in [1.54, 1.807) is 6.07 Å². The van der Waals surface area contributed by atoms with Crippen molar-refractivity contribution in [2.75, 3.05) is 11.9 Å². The largest absolute Gasteiger partial charge is 0.480 e. The number of carboxylic acids is 1. The molecule has 1 heterocycles. The number of piperidine rings is 1. The molecule has 114 valence electrons. The van der Waals surface area contributed by atoms with Crippen molar-refractivity contribution in [1.29, 1.82) is 0 Å². The molecule has 1 aromatic carbocycles. The Morgan fingerprint density at radius 3 is 2.81 bits per heavy atom. The molecule has 2 N–H and O–H groups in total. The van der Waals surface area contributed by atoms with Crippen LogP contribution in [0.1, 0.15) is 25.3 Å². The van der Waals surface area contributed by atoms with Crippen molar-refractivity contribution in [3.8, 4) is 0 Å². The molecule has 2 rings (SSSR count). The highest BCUT2D eigenvalue weighted by atomic mass is 79.9. The van der Waals surface area contributed by atoms with Crippen LogP contribution in [0.25, 0.3) is 0 Å². The number of rotatable bonds is 2. The summed E-state index contributed by atoms with van der Waals surface area (Å²) in [5.41, 5.74) is 1.61. The van der Waals surface area contributed by atoms with E-state index >= 15 is 0 Å². The van der Waals surface area contributed by atoms with Crippen molar-refractivity contribution in [2.24, 2.45) is 5.92 Å². The van der Waals surface area contributed by atoms with Crippen LogP contribution in [0.15, 0.2) is 22.7 Å². The summed E-state index contributed by atoms with van der Waals surface area (Å²) in [5.74, 6) is -0.620. The lowest BCUT2D eigenvalue weighted by Gasteiger charge is -2.36. The minimum atomic E-state index is -0.942. The highest BCUT2D eigenvalue weighted by Crippen LogP contribution is 2.26. The smallest absolute Gasteiger partial charge is 0.326 e. The van der Waals surface area contributed by atoms with Gasteiger partial charge in [0.25, 0.3) is 0 Å². The fraction of sp³-hybridized carbons (Fsp3) is 0.467. The third-order valence-corrected chi connectivity index (χ3v) is 4.78. The standard InChI is InChI=1S/C15H19BrN2O3/c1-9-6-7-18(13(8-9)14(19)20)15(21)17-12-5-3-4-11(16)10(12)2/h3-5,9,13H,6-8H2,1-2H3,(H,17,21)(H,19,20). The number of hydrogen-bond donors (Lipinski definition) is 2. The summed E-state index contributed by atoms with van der Waals surface area (Å²) in [7, 11) is 0. The first-order chi connectivity index (χ1) is 9.90. The lowest BCUT2D eigenvalue weighted by molar-refractivity contribution is -0.143. The number of aliphatic carboxylic acids is 1. The Hall–Kier alpha value is -1.56. The van der Waals surface area contributed by atoms with Crippen LogP contribution >= 0.6 is 15.9 Å². The van der Waals surface area contributed by atoms with E-state index in [1.165, 1.54) is 4.90 Å². The molecule has 0 bridgehead atoms. The van der Waals surface area contributed by atoms with Crippen LogP contribution in [0.5, 0.6) is 0 Å². The normalized spacial score (nSPS) is 22.0. The van der Waals surface area contributed by atoms with Crippen LogP contribution in [-0.4, -0.2) is 34.6 Å². The Kier molecular flexibility index (Phi) is 4.88. The van der Waals surface area contributed by atoms with E-state index in [4.69, 9.17) is 0 Å². The fourth-order valence-corrected chi connectivity index (χ4v) is 2.91. The Morgan fingerprint density at radius 1 is 1.43 bits per heavy atom. The topological polar surface area (TPSA) is 69.6 Å². The molecular formula is C15H19BrN2O3. The lowest BCUT2D eigenvalue weighted by Crippen LogP contribution is -2.51. The Labute approximate surface area is 132 Å². The molecule has 1 aliphatic rings. The van der Waals surface area contributed by atoms with Crippen LogP contribution < -0.4 is 5.32 Å². The fourth-order valence-electron chi connectivity index (χ4n) is 2.55. The molecular weight excluding hydrogens is 336 g/mol. The van der Waals surface area contributed by atoms with Gasteiger partial charge in [-0.1, -0.05) is 28.9 Å². The molecule has 5 nitrogen and oxygen atoms in total. The van der Waals surface area contributed by atoms with Crippen molar-refractivity contribution in [2.45, 2.75) is 32.7 Å². The van der Waals surface area contributed by atoms with Crippen LogP contribution in [0, 0.1) is 12.8 Å². The number of nitrogens with zero attached hydrogens (tertiary/aromatic N) is 1. The van der Waals surface area contributed by atoms with Gasteiger partial charge in [0.2, 0.25) is 0 Å². The maximum atomic E-state index is 12.4. The second-order valence-electron chi connectivity index (χ2n) is 5.52. The van der Waals surface area contributed by atoms with Crippen molar-refractivity contribution >= 4 is 33.6 Å². The maximum Gasteiger partial charge on any atom is 0.326 e. The number of nitrogens with one attached hydrogen (secondary N) is 1. The third kappa shape index (κ3) is 3.56. The zero-order valence-electron chi connectivity index (χ0n) is 12.1. The molecule has 2 amide bonds. The molecule has 1 saturated heterocycles. The van der Waals surface area contributed by atoms with Crippen LogP contribution in [0.2, 0.25) is 0 Å². The Morgan fingerprint density at radius 2 is 2.14 bits per heavy atom. The number of carbonyl (C=O) groups is 2. The average molecular weight is 355 g/mol. The maximum absolute atomic E-state index is 12.4. The molecule has 0 saturated carbocycles. The molecule has 6 heteroatoms. The predicted octanol–water partition coefficient (Wildman–Crippen LogP) is 3.47. The van der Waals surface area contributed by atoms with Gasteiger partial charge in [0.15, 0.2) is 0 Å². The van der Waals surface area contributed by atoms with Gasteiger partial charge < -0.3 is 15.3 Å². The number of urea groups is 1. The number of carbonyl (C=O) groups excluding carboxylic acids is 1. The van der Waals surface area contributed by atoms with Gasteiger partial charge in [0, 0.05) is 16.7 Å². The van der Waals surface area contributed by atoms with Crippen LogP contribution in [0.4, 0.5) is 10.5 Å². The number of benzene rings is 1. The van der Waals surface area contributed by atoms with Crippen LogP contribution in [0.3, 0.4) is 0 Å². The van der Waals surface area contributed by atoms with Gasteiger partial charge in [-0.3, -0.25) is 0 Å². The van der Waals surface area contributed by atoms with Crippen molar-refractivity contribution in [3.05, 3.63) is 28.2 Å². The summed E-state index contributed by atoms with van der Waals surface area (Å²) in [6.07, 6.45) is 1.33. The van der Waals surface area contributed by atoms with E-state index in [1.807, 2.05) is 26.0 Å². The third-order valence-electron chi connectivity index (χ3n) is 3.92. The SMILES string of the molecule is Cc1c(Br)cccc1NC(=O)N1CCC(C)CC1C(=O)O. The summed E-state index contributed by atoms with van der Waals surface area (Å²) >= 11 is 3.42. The highest BCUT2D eigenvalue weighted by molar-refractivity contribution is 9.10. The Balaban J connectivity index is 2.15. The number of hydrogen-bond acceptors (Lipinski definition) is 2. The quantitative estimate of drug-likeness (QED) is 0.853. The van der Waals surface area contributed by atoms with Gasteiger partial charge in [-0.15, -0.1) is 0 Å². The zero-order valence-corrected chi connectivity index (χ0v) is 13.7. The minimum Gasteiger partial charge on any atom is -0.480 e. The number of amides is 2.